The maximum Gasteiger partial charge on any atom is 0.259 e. The lowest BCUT2D eigenvalue weighted by Crippen LogP contribution is -2.24. The predicted octanol–water partition coefficient (Wildman–Crippen LogP) is 2.24. The summed E-state index contributed by atoms with van der Waals surface area (Å²) in [6.07, 6.45) is 1.21. The summed E-state index contributed by atoms with van der Waals surface area (Å²) >= 11 is 0. The second-order valence-corrected chi connectivity index (χ2v) is 5.05. The maximum atomic E-state index is 12.3. The molecule has 0 saturated heterocycles. The van der Waals surface area contributed by atoms with Crippen LogP contribution in [-0.2, 0) is 6.54 Å². The quantitative estimate of drug-likeness (QED) is 0.857. The van der Waals surface area contributed by atoms with E-state index in [0.717, 1.165) is 23.2 Å². The van der Waals surface area contributed by atoms with Crippen molar-refractivity contribution in [2.24, 2.45) is 11.8 Å². The van der Waals surface area contributed by atoms with Crippen LogP contribution in [0.2, 0.25) is 0 Å². The van der Waals surface area contributed by atoms with Gasteiger partial charge in [0.15, 0.2) is 0 Å². The van der Waals surface area contributed by atoms with E-state index in [1.165, 1.54) is 6.42 Å². The van der Waals surface area contributed by atoms with Crippen LogP contribution in [0.5, 0.6) is 0 Å². The van der Waals surface area contributed by atoms with Crippen molar-refractivity contribution >= 4 is 16.6 Å². The standard InChI is InChI=1S/C14H16N2O/c1-9-6-11(9)8-16-13(15)7-10-4-2-3-5-12(10)14(16)17/h2-5,7,9,11H,6,8,15H2,1H3. The molecular formula is C14H16N2O. The Kier molecular flexibility index (Phi) is 2.21. The third kappa shape index (κ3) is 1.71. The Morgan fingerprint density at radius 2 is 2.12 bits per heavy atom. The number of nitrogen functional groups attached to an aromatic ring is 1. The first-order valence-electron chi connectivity index (χ1n) is 6.05. The Morgan fingerprint density at radius 1 is 1.41 bits per heavy atom. The van der Waals surface area contributed by atoms with Crippen LogP contribution < -0.4 is 11.3 Å². The summed E-state index contributed by atoms with van der Waals surface area (Å²) in [6.45, 7) is 2.98. The number of hydrogen-bond donors (Lipinski definition) is 1. The first-order valence-corrected chi connectivity index (χ1v) is 6.05. The average molecular weight is 228 g/mol. The SMILES string of the molecule is CC1CC1Cn1c(N)cc2ccccc2c1=O. The molecule has 0 bridgehead atoms. The number of hydrogen-bond acceptors (Lipinski definition) is 2. The molecule has 0 radical (unpaired) electrons. The van der Waals surface area contributed by atoms with E-state index < -0.39 is 0 Å². The second-order valence-electron chi connectivity index (χ2n) is 5.05. The van der Waals surface area contributed by atoms with Gasteiger partial charge in [0.2, 0.25) is 0 Å². The average Bonchev–Trinajstić information content (AvgIpc) is 3.00. The molecule has 0 amide bonds. The summed E-state index contributed by atoms with van der Waals surface area (Å²) in [5.74, 6) is 1.93. The minimum atomic E-state index is 0.0414. The van der Waals surface area contributed by atoms with Crippen LogP contribution in [-0.4, -0.2) is 4.57 Å². The van der Waals surface area contributed by atoms with Gasteiger partial charge >= 0.3 is 0 Å². The van der Waals surface area contributed by atoms with Crippen LogP contribution in [0.4, 0.5) is 5.82 Å². The van der Waals surface area contributed by atoms with Crippen LogP contribution in [0.15, 0.2) is 35.1 Å². The van der Waals surface area contributed by atoms with E-state index in [1.807, 2.05) is 30.3 Å². The molecule has 3 rings (SSSR count). The van der Waals surface area contributed by atoms with Crippen molar-refractivity contribution in [1.82, 2.24) is 4.57 Å². The van der Waals surface area contributed by atoms with Crippen LogP contribution in [0.3, 0.4) is 0 Å². The summed E-state index contributed by atoms with van der Waals surface area (Å²) in [5.41, 5.74) is 6.01. The molecule has 0 aliphatic heterocycles. The van der Waals surface area contributed by atoms with E-state index in [1.54, 1.807) is 4.57 Å². The van der Waals surface area contributed by atoms with Crippen LogP contribution in [0.25, 0.3) is 10.8 Å². The topological polar surface area (TPSA) is 48.0 Å². The molecule has 2 aromatic rings. The summed E-state index contributed by atoms with van der Waals surface area (Å²) in [5, 5.41) is 1.69. The molecular weight excluding hydrogens is 212 g/mol. The normalized spacial score (nSPS) is 22.9. The van der Waals surface area contributed by atoms with Gasteiger partial charge in [-0.05, 0) is 35.8 Å². The Labute approximate surface area is 99.9 Å². The first-order chi connectivity index (χ1) is 8.16. The lowest BCUT2D eigenvalue weighted by molar-refractivity contribution is 0.587. The molecule has 1 aromatic carbocycles. The van der Waals surface area contributed by atoms with Crippen molar-refractivity contribution in [2.75, 3.05) is 5.73 Å². The largest absolute Gasteiger partial charge is 0.385 e. The van der Waals surface area contributed by atoms with E-state index in [-0.39, 0.29) is 5.56 Å². The van der Waals surface area contributed by atoms with Crippen molar-refractivity contribution in [1.29, 1.82) is 0 Å². The van der Waals surface area contributed by atoms with Crippen LogP contribution in [0.1, 0.15) is 13.3 Å². The minimum Gasteiger partial charge on any atom is -0.385 e. The minimum absolute atomic E-state index is 0.0414. The van der Waals surface area contributed by atoms with Crippen molar-refractivity contribution in [2.45, 2.75) is 19.9 Å². The van der Waals surface area contributed by atoms with Gasteiger partial charge < -0.3 is 5.73 Å². The molecule has 2 N–H and O–H groups in total. The zero-order valence-corrected chi connectivity index (χ0v) is 9.89. The second kappa shape index (κ2) is 3.62. The van der Waals surface area contributed by atoms with Crippen LogP contribution >= 0.6 is 0 Å². The summed E-state index contributed by atoms with van der Waals surface area (Å²) in [7, 11) is 0. The number of fused-ring (bicyclic) bond motifs is 1. The number of benzene rings is 1. The fourth-order valence-corrected chi connectivity index (χ4v) is 2.39. The van der Waals surface area contributed by atoms with E-state index >= 15 is 0 Å². The molecule has 3 nitrogen and oxygen atoms in total. The highest BCUT2D eigenvalue weighted by Gasteiger charge is 2.33. The Balaban J connectivity index is 2.14. The number of rotatable bonds is 2. The maximum absolute atomic E-state index is 12.3. The van der Waals surface area contributed by atoms with Crippen molar-refractivity contribution in [3.8, 4) is 0 Å². The number of nitrogens with zero attached hydrogens (tertiary/aromatic N) is 1. The van der Waals surface area contributed by atoms with E-state index in [9.17, 15) is 4.79 Å². The van der Waals surface area contributed by atoms with E-state index in [4.69, 9.17) is 5.73 Å². The summed E-state index contributed by atoms with van der Waals surface area (Å²) < 4.78 is 1.72. The smallest absolute Gasteiger partial charge is 0.259 e. The molecule has 1 aliphatic carbocycles. The fraction of sp³-hybridized carbons (Fsp3) is 0.357. The molecule has 1 heterocycles. The third-order valence-corrected chi connectivity index (χ3v) is 3.74. The summed E-state index contributed by atoms with van der Waals surface area (Å²) in [6, 6.07) is 9.50. The Hall–Kier alpha value is -1.77. The monoisotopic (exact) mass is 228 g/mol. The Morgan fingerprint density at radius 3 is 2.82 bits per heavy atom. The molecule has 2 unspecified atom stereocenters. The van der Waals surface area contributed by atoms with Gasteiger partial charge in [-0.1, -0.05) is 25.1 Å². The molecule has 3 heteroatoms. The van der Waals surface area contributed by atoms with Gasteiger partial charge in [0.1, 0.15) is 5.82 Å². The number of aromatic nitrogens is 1. The molecule has 88 valence electrons. The third-order valence-electron chi connectivity index (χ3n) is 3.74. The molecule has 0 spiro atoms. The first kappa shape index (κ1) is 10.4. The van der Waals surface area contributed by atoms with Crippen molar-refractivity contribution in [3.05, 3.63) is 40.7 Å². The van der Waals surface area contributed by atoms with E-state index in [2.05, 4.69) is 6.92 Å². The van der Waals surface area contributed by atoms with E-state index in [0.29, 0.717) is 11.7 Å². The van der Waals surface area contributed by atoms with Gasteiger partial charge in [-0.25, -0.2) is 0 Å². The van der Waals surface area contributed by atoms with Gasteiger partial charge in [-0.15, -0.1) is 0 Å². The molecule has 1 aliphatic rings. The van der Waals surface area contributed by atoms with Gasteiger partial charge in [-0.3, -0.25) is 9.36 Å². The van der Waals surface area contributed by atoms with Crippen molar-refractivity contribution in [3.63, 3.8) is 0 Å². The molecule has 1 saturated carbocycles. The van der Waals surface area contributed by atoms with Gasteiger partial charge in [-0.2, -0.15) is 0 Å². The highest BCUT2D eigenvalue weighted by atomic mass is 16.1. The van der Waals surface area contributed by atoms with Crippen molar-refractivity contribution < 1.29 is 0 Å². The highest BCUT2D eigenvalue weighted by Crippen LogP contribution is 2.39. The van der Waals surface area contributed by atoms with Gasteiger partial charge in [0, 0.05) is 11.9 Å². The lowest BCUT2D eigenvalue weighted by atomic mass is 10.1. The summed E-state index contributed by atoms with van der Waals surface area (Å²) in [4.78, 5) is 12.3. The van der Waals surface area contributed by atoms with Crippen LogP contribution in [0, 0.1) is 11.8 Å². The molecule has 1 fully saturated rings. The molecule has 17 heavy (non-hydrogen) atoms. The fourth-order valence-electron chi connectivity index (χ4n) is 2.39. The van der Waals surface area contributed by atoms with Gasteiger partial charge in [0.05, 0.1) is 0 Å². The van der Waals surface area contributed by atoms with Gasteiger partial charge in [0.25, 0.3) is 5.56 Å². The number of anilines is 1. The number of pyridine rings is 1. The zero-order valence-electron chi connectivity index (χ0n) is 9.89. The zero-order chi connectivity index (χ0) is 12.0. The number of nitrogens with two attached hydrogens (primary N) is 1. The lowest BCUT2D eigenvalue weighted by Gasteiger charge is -2.10. The predicted molar refractivity (Wildman–Crippen MR) is 69.9 cm³/mol. The Bertz CT molecular complexity index is 630. The molecule has 2 atom stereocenters. The molecule has 1 aromatic heterocycles. The highest BCUT2D eigenvalue weighted by molar-refractivity contribution is 5.83.